The van der Waals surface area contributed by atoms with Crippen LogP contribution in [0.5, 0.6) is 0 Å². The van der Waals surface area contributed by atoms with Crippen LogP contribution in [0, 0.1) is 0 Å². The van der Waals surface area contributed by atoms with E-state index in [-0.39, 0.29) is 11.9 Å². The number of thioether (sulfide) groups is 1. The molecular formula is C12H24N6OS. The number of hydrogen-bond donors (Lipinski definition) is 1. The number of carbonyl (C=O) groups excluding carboxylic acids is 1. The fourth-order valence-electron chi connectivity index (χ4n) is 1.42. The van der Waals surface area contributed by atoms with Crippen molar-refractivity contribution in [3.05, 3.63) is 0 Å². The fourth-order valence-corrected chi connectivity index (χ4v) is 2.24. The highest BCUT2D eigenvalue weighted by Crippen LogP contribution is 2.14. The second-order valence-corrected chi connectivity index (χ2v) is 6.12. The molecule has 8 heteroatoms. The smallest absolute Gasteiger partial charge is 0.233 e. The van der Waals surface area contributed by atoms with Crippen molar-refractivity contribution in [1.29, 1.82) is 0 Å². The Morgan fingerprint density at radius 1 is 1.40 bits per heavy atom. The lowest BCUT2D eigenvalue weighted by atomic mass is 10.3. The Labute approximate surface area is 124 Å². The quantitative estimate of drug-likeness (QED) is 0.710. The van der Waals surface area contributed by atoms with Crippen LogP contribution in [0.2, 0.25) is 0 Å². The molecule has 0 unspecified atom stereocenters. The lowest BCUT2D eigenvalue weighted by molar-refractivity contribution is -0.128. The fraction of sp³-hybridized carbons (Fsp3) is 0.833. The minimum absolute atomic E-state index is 0.0832. The van der Waals surface area contributed by atoms with Crippen molar-refractivity contribution < 1.29 is 4.79 Å². The zero-order valence-corrected chi connectivity index (χ0v) is 13.6. The van der Waals surface area contributed by atoms with Crippen molar-refractivity contribution in [2.45, 2.75) is 51.5 Å². The van der Waals surface area contributed by atoms with Gasteiger partial charge in [0, 0.05) is 25.7 Å². The van der Waals surface area contributed by atoms with Crippen molar-refractivity contribution in [2.75, 3.05) is 19.3 Å². The normalized spacial score (nSPS) is 11.3. The number of amides is 1. The summed E-state index contributed by atoms with van der Waals surface area (Å²) < 4.78 is 1.72. The number of rotatable bonds is 8. The molecule has 0 bridgehead atoms. The van der Waals surface area contributed by atoms with Gasteiger partial charge in [-0.15, -0.1) is 5.10 Å². The molecule has 0 aliphatic heterocycles. The molecule has 1 heterocycles. The lowest BCUT2D eigenvalue weighted by Gasteiger charge is -2.20. The molecule has 0 aliphatic rings. The summed E-state index contributed by atoms with van der Waals surface area (Å²) in [5, 5.41) is 15.6. The summed E-state index contributed by atoms with van der Waals surface area (Å²) in [6.07, 6.45) is 0. The first kappa shape index (κ1) is 16.9. The second-order valence-electron chi connectivity index (χ2n) is 5.18. The van der Waals surface area contributed by atoms with E-state index in [4.69, 9.17) is 0 Å². The van der Waals surface area contributed by atoms with E-state index in [2.05, 4.69) is 34.7 Å². The predicted octanol–water partition coefficient (Wildman–Crippen LogP) is 0.630. The number of nitrogens with zero attached hydrogens (tertiary/aromatic N) is 5. The molecule has 1 aromatic heterocycles. The zero-order chi connectivity index (χ0) is 15.1. The summed E-state index contributed by atoms with van der Waals surface area (Å²) in [7, 11) is 1.81. The molecule has 114 valence electrons. The van der Waals surface area contributed by atoms with E-state index in [9.17, 15) is 4.79 Å². The molecule has 0 atom stereocenters. The molecule has 20 heavy (non-hydrogen) atoms. The second kappa shape index (κ2) is 8.21. The molecule has 0 aromatic carbocycles. The van der Waals surface area contributed by atoms with Crippen molar-refractivity contribution in [1.82, 2.24) is 30.4 Å². The van der Waals surface area contributed by atoms with Crippen molar-refractivity contribution in [2.24, 2.45) is 0 Å². The maximum absolute atomic E-state index is 11.9. The number of hydrogen-bond acceptors (Lipinski definition) is 6. The molecule has 0 radical (unpaired) electrons. The number of aromatic nitrogens is 4. The highest BCUT2D eigenvalue weighted by molar-refractivity contribution is 7.99. The van der Waals surface area contributed by atoms with Crippen molar-refractivity contribution in [3.8, 4) is 0 Å². The molecule has 0 spiro atoms. The van der Waals surface area contributed by atoms with Crippen LogP contribution < -0.4 is 5.32 Å². The Kier molecular flexibility index (Phi) is 6.94. The van der Waals surface area contributed by atoms with E-state index in [0.717, 1.165) is 6.54 Å². The summed E-state index contributed by atoms with van der Waals surface area (Å²) in [4.78, 5) is 13.6. The van der Waals surface area contributed by atoms with Gasteiger partial charge in [0.15, 0.2) is 0 Å². The molecule has 0 aliphatic carbocycles. The Morgan fingerprint density at radius 2 is 2.10 bits per heavy atom. The SMILES string of the molecule is CC(C)NCCn1nnnc1SCC(=O)N(C)C(C)C. The van der Waals surface area contributed by atoms with Crippen LogP contribution in [0.4, 0.5) is 0 Å². The maximum atomic E-state index is 11.9. The number of tetrazole rings is 1. The maximum Gasteiger partial charge on any atom is 0.233 e. The minimum atomic E-state index is 0.0832. The van der Waals surface area contributed by atoms with Gasteiger partial charge in [-0.25, -0.2) is 4.68 Å². The highest BCUT2D eigenvalue weighted by Gasteiger charge is 2.14. The average molecular weight is 300 g/mol. The van der Waals surface area contributed by atoms with Crippen LogP contribution in [0.25, 0.3) is 0 Å². The van der Waals surface area contributed by atoms with E-state index in [1.54, 1.807) is 9.58 Å². The summed E-state index contributed by atoms with van der Waals surface area (Å²) >= 11 is 1.37. The van der Waals surface area contributed by atoms with E-state index < -0.39 is 0 Å². The van der Waals surface area contributed by atoms with Crippen molar-refractivity contribution in [3.63, 3.8) is 0 Å². The predicted molar refractivity (Wildman–Crippen MR) is 79.6 cm³/mol. The van der Waals surface area contributed by atoms with Gasteiger partial charge in [0.2, 0.25) is 11.1 Å². The summed E-state index contributed by atoms with van der Waals surface area (Å²) in [6.45, 7) is 9.66. The van der Waals surface area contributed by atoms with E-state index >= 15 is 0 Å². The van der Waals surface area contributed by atoms with Gasteiger partial charge in [0.1, 0.15) is 0 Å². The topological polar surface area (TPSA) is 75.9 Å². The van der Waals surface area contributed by atoms with Gasteiger partial charge in [-0.05, 0) is 24.3 Å². The van der Waals surface area contributed by atoms with E-state index in [0.29, 0.717) is 23.5 Å². The van der Waals surface area contributed by atoms with Crippen molar-refractivity contribution >= 4 is 17.7 Å². The van der Waals surface area contributed by atoms with Crippen LogP contribution in [0.15, 0.2) is 5.16 Å². The molecule has 1 N–H and O–H groups in total. The number of carbonyl (C=O) groups is 1. The zero-order valence-electron chi connectivity index (χ0n) is 12.8. The van der Waals surface area contributed by atoms with Gasteiger partial charge < -0.3 is 10.2 Å². The molecule has 1 aromatic rings. The Balaban J connectivity index is 2.45. The summed E-state index contributed by atoms with van der Waals surface area (Å²) in [5.41, 5.74) is 0. The van der Waals surface area contributed by atoms with Gasteiger partial charge in [-0.3, -0.25) is 4.79 Å². The van der Waals surface area contributed by atoms with Crippen LogP contribution in [0.1, 0.15) is 27.7 Å². The van der Waals surface area contributed by atoms with Crippen LogP contribution >= 0.6 is 11.8 Å². The Bertz CT molecular complexity index is 420. The van der Waals surface area contributed by atoms with E-state index in [1.165, 1.54) is 11.8 Å². The largest absolute Gasteiger partial charge is 0.343 e. The molecule has 1 rings (SSSR count). The molecular weight excluding hydrogens is 276 g/mol. The minimum Gasteiger partial charge on any atom is -0.343 e. The van der Waals surface area contributed by atoms with Gasteiger partial charge in [-0.2, -0.15) is 0 Å². The molecule has 0 saturated carbocycles. The Morgan fingerprint density at radius 3 is 2.70 bits per heavy atom. The molecule has 7 nitrogen and oxygen atoms in total. The van der Waals surface area contributed by atoms with E-state index in [1.807, 2.05) is 20.9 Å². The van der Waals surface area contributed by atoms with Crippen LogP contribution in [-0.4, -0.2) is 62.4 Å². The first-order chi connectivity index (χ1) is 9.41. The highest BCUT2D eigenvalue weighted by atomic mass is 32.2. The summed E-state index contributed by atoms with van der Waals surface area (Å²) in [5.74, 6) is 0.437. The third kappa shape index (κ3) is 5.46. The molecule has 0 fully saturated rings. The average Bonchev–Trinajstić information content (AvgIpc) is 2.82. The standard InChI is InChI=1S/C12H24N6OS/c1-9(2)13-6-7-18-12(14-15-16-18)20-8-11(19)17(5)10(3)4/h9-10,13H,6-8H2,1-5H3. The van der Waals surface area contributed by atoms with Gasteiger partial charge in [-0.1, -0.05) is 25.6 Å². The van der Waals surface area contributed by atoms with Gasteiger partial charge in [0.05, 0.1) is 12.3 Å². The third-order valence-corrected chi connectivity index (χ3v) is 3.81. The molecule has 0 saturated heterocycles. The van der Waals surface area contributed by atoms with Gasteiger partial charge >= 0.3 is 0 Å². The first-order valence-corrected chi connectivity index (χ1v) is 7.78. The van der Waals surface area contributed by atoms with Crippen LogP contribution in [-0.2, 0) is 11.3 Å². The Hall–Kier alpha value is -1.15. The monoisotopic (exact) mass is 300 g/mol. The van der Waals surface area contributed by atoms with Crippen LogP contribution in [0.3, 0.4) is 0 Å². The first-order valence-electron chi connectivity index (χ1n) is 6.79. The lowest BCUT2D eigenvalue weighted by Crippen LogP contribution is -2.34. The third-order valence-electron chi connectivity index (χ3n) is 2.87. The number of nitrogens with one attached hydrogen (secondary N) is 1. The van der Waals surface area contributed by atoms with Gasteiger partial charge in [0.25, 0.3) is 0 Å². The molecule has 1 amide bonds. The summed E-state index contributed by atoms with van der Waals surface area (Å²) in [6, 6.07) is 0.637.